The van der Waals surface area contributed by atoms with Crippen molar-refractivity contribution in [2.45, 2.75) is 31.7 Å². The number of hydrogen-bond donors (Lipinski definition) is 0. The Hall–Kier alpha value is -1.62. The van der Waals surface area contributed by atoms with E-state index in [2.05, 4.69) is 23.9 Å². The number of hydrogen-bond acceptors (Lipinski definition) is 4. The first kappa shape index (κ1) is 14.8. The number of thioether (sulfide) groups is 1. The fourth-order valence-corrected chi connectivity index (χ4v) is 2.61. The fourth-order valence-electron chi connectivity index (χ4n) is 1.83. The van der Waals surface area contributed by atoms with Crippen LogP contribution in [0.15, 0.2) is 41.6 Å². The molecule has 0 radical (unpaired) electrons. The Kier molecular flexibility index (Phi) is 5.35. The molecule has 0 saturated heterocycles. The first-order valence-electron chi connectivity index (χ1n) is 6.71. The van der Waals surface area contributed by atoms with Gasteiger partial charge in [-0.05, 0) is 18.1 Å². The molecule has 1 aromatic heterocycles. The number of ketones is 1. The topological polar surface area (TPSA) is 47.8 Å². The van der Waals surface area contributed by atoms with E-state index in [0.717, 1.165) is 17.3 Å². The molecule has 2 rings (SSSR count). The average molecular weight is 289 g/mol. The van der Waals surface area contributed by atoms with Gasteiger partial charge in [-0.1, -0.05) is 32.0 Å². The highest BCUT2D eigenvalue weighted by atomic mass is 32.2. The summed E-state index contributed by atoms with van der Waals surface area (Å²) < 4.78 is 1.83. The summed E-state index contributed by atoms with van der Waals surface area (Å²) in [6.45, 7) is 5.05. The van der Waals surface area contributed by atoms with Crippen molar-refractivity contribution >= 4 is 17.5 Å². The van der Waals surface area contributed by atoms with Gasteiger partial charge in [0.25, 0.3) is 0 Å². The molecule has 0 amide bonds. The summed E-state index contributed by atoms with van der Waals surface area (Å²) in [6.07, 6.45) is 1.88. The van der Waals surface area contributed by atoms with Crippen LogP contribution in [0.3, 0.4) is 0 Å². The minimum Gasteiger partial charge on any atom is -0.298 e. The van der Waals surface area contributed by atoms with Gasteiger partial charge in [-0.25, -0.2) is 9.67 Å². The maximum absolute atomic E-state index is 12.0. The van der Waals surface area contributed by atoms with Crippen molar-refractivity contribution in [3.8, 4) is 0 Å². The lowest BCUT2D eigenvalue weighted by Gasteiger charge is -2.08. The Morgan fingerprint density at radius 1 is 1.30 bits per heavy atom. The van der Waals surface area contributed by atoms with E-state index in [1.807, 2.05) is 35.0 Å². The molecule has 0 saturated carbocycles. The molecule has 0 aliphatic rings. The lowest BCUT2D eigenvalue weighted by Crippen LogP contribution is -2.15. The zero-order chi connectivity index (χ0) is 14.4. The second-order valence-corrected chi connectivity index (χ2v) is 6.12. The number of nitrogens with zero attached hydrogens (tertiary/aromatic N) is 3. The van der Waals surface area contributed by atoms with Crippen molar-refractivity contribution in [2.24, 2.45) is 5.92 Å². The number of carbonyl (C=O) groups is 1. The molecule has 20 heavy (non-hydrogen) atoms. The minimum absolute atomic E-state index is 0.178. The molecule has 0 aliphatic carbocycles. The van der Waals surface area contributed by atoms with E-state index >= 15 is 0 Å². The van der Waals surface area contributed by atoms with Crippen molar-refractivity contribution in [3.05, 3.63) is 42.5 Å². The van der Waals surface area contributed by atoms with Crippen LogP contribution in [0.2, 0.25) is 0 Å². The molecule has 106 valence electrons. The molecule has 4 nitrogen and oxygen atoms in total. The Bertz CT molecular complexity index is 551. The number of aromatic nitrogens is 3. The van der Waals surface area contributed by atoms with Crippen LogP contribution in [0.25, 0.3) is 0 Å². The molecule has 2 aromatic rings. The van der Waals surface area contributed by atoms with E-state index in [0.29, 0.717) is 18.1 Å². The molecular weight excluding hydrogens is 270 g/mol. The average Bonchev–Trinajstić information content (AvgIpc) is 2.84. The molecule has 0 bridgehead atoms. The third kappa shape index (κ3) is 4.49. The van der Waals surface area contributed by atoms with Crippen LogP contribution in [-0.2, 0) is 17.8 Å². The third-order valence-electron chi connectivity index (χ3n) is 2.73. The summed E-state index contributed by atoms with van der Waals surface area (Å²) >= 11 is 1.56. The minimum atomic E-state index is 0.178. The smallest absolute Gasteiger partial charge is 0.150 e. The quantitative estimate of drug-likeness (QED) is 0.735. The van der Waals surface area contributed by atoms with Gasteiger partial charge < -0.3 is 0 Å². The Labute approximate surface area is 123 Å². The molecule has 1 heterocycles. The van der Waals surface area contributed by atoms with E-state index in [1.54, 1.807) is 11.8 Å². The van der Waals surface area contributed by atoms with Crippen LogP contribution in [0, 0.1) is 5.92 Å². The van der Waals surface area contributed by atoms with E-state index in [1.165, 1.54) is 6.33 Å². The van der Waals surface area contributed by atoms with Crippen molar-refractivity contribution in [2.75, 3.05) is 5.75 Å². The highest BCUT2D eigenvalue weighted by Gasteiger charge is 2.11. The number of benzene rings is 1. The second kappa shape index (κ2) is 7.24. The summed E-state index contributed by atoms with van der Waals surface area (Å²) in [5.74, 6) is 1.90. The zero-order valence-corrected chi connectivity index (χ0v) is 12.6. The van der Waals surface area contributed by atoms with Crippen molar-refractivity contribution in [1.29, 1.82) is 0 Å². The summed E-state index contributed by atoms with van der Waals surface area (Å²) in [7, 11) is 0. The second-order valence-electron chi connectivity index (χ2n) is 5.07. The lowest BCUT2D eigenvalue weighted by molar-refractivity contribution is -0.116. The summed E-state index contributed by atoms with van der Waals surface area (Å²) in [5, 5.41) is 4.17. The molecule has 0 aliphatic heterocycles. The van der Waals surface area contributed by atoms with Gasteiger partial charge in [0.2, 0.25) is 0 Å². The van der Waals surface area contributed by atoms with Crippen molar-refractivity contribution < 1.29 is 4.79 Å². The summed E-state index contributed by atoms with van der Waals surface area (Å²) in [4.78, 5) is 17.3. The zero-order valence-electron chi connectivity index (χ0n) is 11.8. The fraction of sp³-hybridized carbons (Fsp3) is 0.400. The van der Waals surface area contributed by atoms with Gasteiger partial charge in [0.15, 0.2) is 5.78 Å². The Balaban J connectivity index is 1.87. The maximum Gasteiger partial charge on any atom is 0.150 e. The molecule has 1 aromatic carbocycles. The highest BCUT2D eigenvalue weighted by molar-refractivity contribution is 8.00. The van der Waals surface area contributed by atoms with Crippen molar-refractivity contribution in [1.82, 2.24) is 14.8 Å². The van der Waals surface area contributed by atoms with Gasteiger partial charge in [0, 0.05) is 11.4 Å². The molecule has 0 fully saturated rings. The van der Waals surface area contributed by atoms with Crippen LogP contribution in [0.4, 0.5) is 0 Å². The number of Topliss-reactive ketones (excluding diaryl/α,β-unsaturated/α-hetero) is 1. The van der Waals surface area contributed by atoms with Crippen LogP contribution in [-0.4, -0.2) is 26.3 Å². The van der Waals surface area contributed by atoms with Gasteiger partial charge in [-0.2, -0.15) is 5.10 Å². The van der Waals surface area contributed by atoms with E-state index in [4.69, 9.17) is 0 Å². The maximum atomic E-state index is 12.0. The van der Waals surface area contributed by atoms with E-state index < -0.39 is 0 Å². The molecule has 0 N–H and O–H groups in total. The Morgan fingerprint density at radius 3 is 2.75 bits per heavy atom. The largest absolute Gasteiger partial charge is 0.298 e. The molecule has 5 heteroatoms. The Morgan fingerprint density at radius 2 is 2.05 bits per heavy atom. The molecule has 0 unspecified atom stereocenters. The van der Waals surface area contributed by atoms with Gasteiger partial charge >= 0.3 is 0 Å². The van der Waals surface area contributed by atoms with Crippen LogP contribution in [0.1, 0.15) is 19.7 Å². The first-order valence-corrected chi connectivity index (χ1v) is 7.70. The van der Waals surface area contributed by atoms with E-state index in [9.17, 15) is 4.79 Å². The van der Waals surface area contributed by atoms with Crippen LogP contribution >= 0.6 is 11.8 Å². The van der Waals surface area contributed by atoms with Gasteiger partial charge in [-0.15, -0.1) is 11.8 Å². The monoisotopic (exact) mass is 289 g/mol. The highest BCUT2D eigenvalue weighted by Crippen LogP contribution is 2.17. The third-order valence-corrected chi connectivity index (χ3v) is 3.80. The van der Waals surface area contributed by atoms with Crippen LogP contribution < -0.4 is 0 Å². The lowest BCUT2D eigenvalue weighted by atomic mass is 10.2. The van der Waals surface area contributed by atoms with Gasteiger partial charge in [0.1, 0.15) is 12.2 Å². The van der Waals surface area contributed by atoms with Gasteiger partial charge in [0.05, 0.1) is 12.2 Å². The molecule has 0 atom stereocenters. The van der Waals surface area contributed by atoms with Crippen molar-refractivity contribution in [3.63, 3.8) is 0 Å². The SMILES string of the molecule is CC(C)Cn1ncnc1CC(=O)CSc1ccccc1. The molecule has 0 spiro atoms. The first-order chi connectivity index (χ1) is 9.65. The molecular formula is C15H19N3OS. The standard InChI is InChI=1S/C15H19N3OS/c1-12(2)9-18-15(16-11-17-18)8-13(19)10-20-14-6-4-3-5-7-14/h3-7,11-12H,8-10H2,1-2H3. The van der Waals surface area contributed by atoms with Gasteiger partial charge in [-0.3, -0.25) is 4.79 Å². The predicted octanol–water partition coefficient (Wildman–Crippen LogP) is 2.84. The summed E-state index contributed by atoms with van der Waals surface area (Å²) in [6, 6.07) is 9.96. The van der Waals surface area contributed by atoms with E-state index in [-0.39, 0.29) is 5.78 Å². The predicted molar refractivity (Wildman–Crippen MR) is 80.7 cm³/mol. The normalized spacial score (nSPS) is 10.9. The number of carbonyl (C=O) groups excluding carboxylic acids is 1. The van der Waals surface area contributed by atoms with Crippen LogP contribution in [0.5, 0.6) is 0 Å². The number of rotatable bonds is 7. The summed E-state index contributed by atoms with van der Waals surface area (Å²) in [5.41, 5.74) is 0.